The molecule has 0 aromatic heterocycles. The van der Waals surface area contributed by atoms with Crippen LogP contribution in [-0.2, 0) is 0 Å². The molecule has 3 nitrogen and oxygen atoms in total. The summed E-state index contributed by atoms with van der Waals surface area (Å²) >= 11 is 0. The smallest absolute Gasteiger partial charge is 0.251 e. The van der Waals surface area contributed by atoms with E-state index in [1.54, 1.807) is 12.1 Å². The van der Waals surface area contributed by atoms with E-state index in [1.165, 1.54) is 6.42 Å². The third-order valence-electron chi connectivity index (χ3n) is 3.47. The van der Waals surface area contributed by atoms with Gasteiger partial charge in [-0.25, -0.2) is 0 Å². The first-order valence-corrected chi connectivity index (χ1v) is 6.65. The first kappa shape index (κ1) is 13.6. The van der Waals surface area contributed by atoms with Gasteiger partial charge in [0.15, 0.2) is 0 Å². The van der Waals surface area contributed by atoms with Crippen LogP contribution in [0, 0.1) is 11.8 Å². The second-order valence-corrected chi connectivity index (χ2v) is 5.22. The van der Waals surface area contributed by atoms with E-state index in [1.807, 2.05) is 12.1 Å². The van der Waals surface area contributed by atoms with Crippen LogP contribution in [0.4, 0.5) is 0 Å². The summed E-state index contributed by atoms with van der Waals surface area (Å²) in [5, 5.41) is 11.8. The topological polar surface area (TPSA) is 49.3 Å². The number of benzene rings is 1. The van der Waals surface area contributed by atoms with Crippen LogP contribution in [0.15, 0.2) is 24.3 Å². The molecule has 1 aliphatic carbocycles. The fourth-order valence-corrected chi connectivity index (χ4v) is 2.14. The van der Waals surface area contributed by atoms with Crippen molar-refractivity contribution in [2.24, 2.45) is 0 Å². The maximum absolute atomic E-state index is 12.1. The number of amides is 1. The van der Waals surface area contributed by atoms with Crippen LogP contribution in [0.1, 0.15) is 48.5 Å². The molecule has 1 fully saturated rings. The Bertz CT molecular complexity index is 521. The Labute approximate surface area is 114 Å². The molecule has 19 heavy (non-hydrogen) atoms. The molecule has 2 N–H and O–H groups in total. The molecule has 100 valence electrons. The highest BCUT2D eigenvalue weighted by atomic mass is 16.2. The standard InChI is InChI=1S/C16H19NO2/c1-16(9-5-10-16)17-15(19)14-8-4-7-13(12-14)6-2-3-11-18/h4,7-8,12,18H,3,5,9-11H2,1H3,(H,17,19). The second kappa shape index (κ2) is 5.90. The van der Waals surface area contributed by atoms with E-state index >= 15 is 0 Å². The Kier molecular flexibility index (Phi) is 4.24. The molecule has 0 heterocycles. The number of nitrogens with one attached hydrogen (secondary N) is 1. The lowest BCUT2D eigenvalue weighted by molar-refractivity contribution is 0.0850. The number of carbonyl (C=O) groups excluding carboxylic acids is 1. The van der Waals surface area contributed by atoms with E-state index in [4.69, 9.17) is 5.11 Å². The lowest BCUT2D eigenvalue weighted by Crippen LogP contribution is -2.50. The van der Waals surface area contributed by atoms with Crippen molar-refractivity contribution in [1.82, 2.24) is 5.32 Å². The lowest BCUT2D eigenvalue weighted by Gasteiger charge is -2.39. The van der Waals surface area contributed by atoms with Gasteiger partial charge in [-0.3, -0.25) is 4.79 Å². The van der Waals surface area contributed by atoms with Crippen LogP contribution >= 0.6 is 0 Å². The molecule has 1 aromatic carbocycles. The number of hydrogen-bond donors (Lipinski definition) is 2. The zero-order valence-electron chi connectivity index (χ0n) is 11.2. The summed E-state index contributed by atoms with van der Waals surface area (Å²) in [5.41, 5.74) is 1.42. The predicted octanol–water partition coefficient (Wildman–Crippen LogP) is 2.09. The van der Waals surface area contributed by atoms with Crippen LogP contribution in [0.25, 0.3) is 0 Å². The van der Waals surface area contributed by atoms with E-state index < -0.39 is 0 Å². The molecule has 1 saturated carbocycles. The minimum absolute atomic E-state index is 0.0321. The van der Waals surface area contributed by atoms with Crippen molar-refractivity contribution in [2.45, 2.75) is 38.1 Å². The molecule has 1 aromatic rings. The Balaban J connectivity index is 2.06. The van der Waals surface area contributed by atoms with Crippen LogP contribution in [0.2, 0.25) is 0 Å². The highest BCUT2D eigenvalue weighted by Crippen LogP contribution is 2.31. The van der Waals surface area contributed by atoms with Gasteiger partial charge in [-0.1, -0.05) is 17.9 Å². The third kappa shape index (κ3) is 3.59. The lowest BCUT2D eigenvalue weighted by atomic mass is 9.78. The Morgan fingerprint density at radius 1 is 1.47 bits per heavy atom. The summed E-state index contributed by atoms with van der Waals surface area (Å²) in [5.74, 6) is 5.76. The fraction of sp³-hybridized carbons (Fsp3) is 0.438. The van der Waals surface area contributed by atoms with Crippen LogP contribution < -0.4 is 5.32 Å². The molecule has 3 heteroatoms. The first-order chi connectivity index (χ1) is 9.13. The summed E-state index contributed by atoms with van der Waals surface area (Å²) in [6.07, 6.45) is 3.74. The van der Waals surface area contributed by atoms with Gasteiger partial charge in [0.25, 0.3) is 5.91 Å². The molecular weight excluding hydrogens is 238 g/mol. The van der Waals surface area contributed by atoms with Crippen molar-refractivity contribution >= 4 is 5.91 Å². The second-order valence-electron chi connectivity index (χ2n) is 5.22. The zero-order chi connectivity index (χ0) is 13.7. The molecule has 0 unspecified atom stereocenters. The van der Waals surface area contributed by atoms with E-state index in [2.05, 4.69) is 24.1 Å². The molecule has 0 radical (unpaired) electrons. The minimum atomic E-state index is -0.0343. The number of aliphatic hydroxyl groups excluding tert-OH is 1. The molecule has 0 aliphatic heterocycles. The van der Waals surface area contributed by atoms with Gasteiger partial charge in [-0.15, -0.1) is 0 Å². The van der Waals surface area contributed by atoms with Gasteiger partial charge < -0.3 is 10.4 Å². The van der Waals surface area contributed by atoms with Crippen molar-refractivity contribution in [1.29, 1.82) is 0 Å². The average Bonchev–Trinajstić information content (AvgIpc) is 2.37. The Morgan fingerprint density at radius 2 is 2.26 bits per heavy atom. The molecule has 2 rings (SSSR count). The SMILES string of the molecule is CC1(NC(=O)c2cccc(C#CCCO)c2)CCC1. The number of carbonyl (C=O) groups is 1. The highest BCUT2D eigenvalue weighted by molar-refractivity contribution is 5.95. The van der Waals surface area contributed by atoms with Crippen molar-refractivity contribution in [3.63, 3.8) is 0 Å². The summed E-state index contributed by atoms with van der Waals surface area (Å²) in [6.45, 7) is 2.14. The summed E-state index contributed by atoms with van der Waals surface area (Å²) in [4.78, 5) is 12.1. The maximum Gasteiger partial charge on any atom is 0.251 e. The highest BCUT2D eigenvalue weighted by Gasteiger charge is 2.33. The van der Waals surface area contributed by atoms with Gasteiger partial charge in [0.1, 0.15) is 0 Å². The summed E-state index contributed by atoms with van der Waals surface area (Å²) in [6, 6.07) is 7.30. The monoisotopic (exact) mass is 257 g/mol. The van der Waals surface area contributed by atoms with Crippen molar-refractivity contribution in [2.75, 3.05) is 6.61 Å². The molecule has 0 spiro atoms. The van der Waals surface area contributed by atoms with Gasteiger partial charge in [0.2, 0.25) is 0 Å². The van der Waals surface area contributed by atoms with E-state index in [9.17, 15) is 4.79 Å². The van der Waals surface area contributed by atoms with Gasteiger partial charge >= 0.3 is 0 Å². The van der Waals surface area contributed by atoms with Gasteiger partial charge in [-0.05, 0) is 44.4 Å². The molecular formula is C16H19NO2. The van der Waals surface area contributed by atoms with E-state index in [0.29, 0.717) is 12.0 Å². The summed E-state index contributed by atoms with van der Waals surface area (Å²) < 4.78 is 0. The van der Waals surface area contributed by atoms with Gasteiger partial charge in [-0.2, -0.15) is 0 Å². The van der Waals surface area contributed by atoms with Crippen LogP contribution in [-0.4, -0.2) is 23.2 Å². The molecule has 0 atom stereocenters. The minimum Gasteiger partial charge on any atom is -0.395 e. The summed E-state index contributed by atoms with van der Waals surface area (Å²) in [7, 11) is 0. The quantitative estimate of drug-likeness (QED) is 0.815. The largest absolute Gasteiger partial charge is 0.395 e. The Hall–Kier alpha value is -1.79. The van der Waals surface area contributed by atoms with Gasteiger partial charge in [0, 0.05) is 23.1 Å². The van der Waals surface area contributed by atoms with Crippen molar-refractivity contribution in [3.8, 4) is 11.8 Å². The predicted molar refractivity (Wildman–Crippen MR) is 74.7 cm³/mol. The van der Waals surface area contributed by atoms with Crippen LogP contribution in [0.5, 0.6) is 0 Å². The zero-order valence-corrected chi connectivity index (χ0v) is 11.2. The maximum atomic E-state index is 12.1. The molecule has 0 saturated heterocycles. The number of aliphatic hydroxyl groups is 1. The normalized spacial score (nSPS) is 15.9. The van der Waals surface area contributed by atoms with E-state index in [-0.39, 0.29) is 18.1 Å². The first-order valence-electron chi connectivity index (χ1n) is 6.65. The average molecular weight is 257 g/mol. The van der Waals surface area contributed by atoms with Gasteiger partial charge in [0.05, 0.1) is 6.61 Å². The molecule has 0 bridgehead atoms. The van der Waals surface area contributed by atoms with E-state index in [0.717, 1.165) is 18.4 Å². The molecule has 1 amide bonds. The Morgan fingerprint density at radius 3 is 2.89 bits per heavy atom. The fourth-order valence-electron chi connectivity index (χ4n) is 2.14. The molecule has 1 aliphatic rings. The van der Waals surface area contributed by atoms with Crippen molar-refractivity contribution in [3.05, 3.63) is 35.4 Å². The number of rotatable bonds is 3. The third-order valence-corrected chi connectivity index (χ3v) is 3.47. The number of hydrogen-bond acceptors (Lipinski definition) is 2. The van der Waals surface area contributed by atoms with Crippen LogP contribution in [0.3, 0.4) is 0 Å². The van der Waals surface area contributed by atoms with Crippen molar-refractivity contribution < 1.29 is 9.90 Å².